The Hall–Kier alpha value is -4.55. The van der Waals surface area contributed by atoms with Gasteiger partial charge in [0.15, 0.2) is 23.2 Å². The highest BCUT2D eigenvalue weighted by Crippen LogP contribution is 2.28. The lowest BCUT2D eigenvalue weighted by molar-refractivity contribution is -0.140. The molecule has 2 N–H and O–H groups in total. The van der Waals surface area contributed by atoms with Gasteiger partial charge in [-0.2, -0.15) is 13.9 Å². The number of hydrogen-bond donors (Lipinski definition) is 2. The highest BCUT2D eigenvalue weighted by atomic mass is 19.2. The lowest BCUT2D eigenvalue weighted by atomic mass is 9.82. The van der Waals surface area contributed by atoms with Gasteiger partial charge < -0.3 is 15.2 Å². The monoisotopic (exact) mass is 605 g/mol. The maximum atomic E-state index is 13.9. The molecular formula is C30H31F4N3O6. The molecule has 0 fully saturated rings. The van der Waals surface area contributed by atoms with Crippen molar-refractivity contribution in [3.63, 3.8) is 0 Å². The van der Waals surface area contributed by atoms with E-state index in [4.69, 9.17) is 0 Å². The highest BCUT2D eigenvalue weighted by molar-refractivity contribution is 5.93. The van der Waals surface area contributed by atoms with E-state index in [0.717, 1.165) is 15.8 Å². The quantitative estimate of drug-likeness (QED) is 0.248. The van der Waals surface area contributed by atoms with Gasteiger partial charge in [-0.05, 0) is 36.5 Å². The number of halogens is 4. The SMILES string of the molecule is Cc1cc(Cc2ccccc2C(C)(C)C)c(=O)n([C@@H](C)C(=O)NC(CC(=O)O)C(=O)COc2c(F)c(F)cc(F)c2F)n1. The van der Waals surface area contributed by atoms with E-state index in [0.29, 0.717) is 11.3 Å². The molecule has 43 heavy (non-hydrogen) atoms. The minimum absolute atomic E-state index is 0.0514. The molecule has 0 bridgehead atoms. The molecule has 1 heterocycles. The van der Waals surface area contributed by atoms with Crippen LogP contribution in [0, 0.1) is 30.2 Å². The lowest BCUT2D eigenvalue weighted by Crippen LogP contribution is -2.48. The summed E-state index contributed by atoms with van der Waals surface area (Å²) in [6.07, 6.45) is -0.719. The summed E-state index contributed by atoms with van der Waals surface area (Å²) < 4.78 is 60.3. The van der Waals surface area contributed by atoms with Gasteiger partial charge in [-0.25, -0.2) is 13.5 Å². The van der Waals surface area contributed by atoms with Crippen LogP contribution in [0.15, 0.2) is 41.2 Å². The summed E-state index contributed by atoms with van der Waals surface area (Å²) in [5, 5.41) is 15.6. The maximum absolute atomic E-state index is 13.9. The van der Waals surface area contributed by atoms with Crippen molar-refractivity contribution in [2.24, 2.45) is 0 Å². The molecule has 2 aromatic carbocycles. The largest absolute Gasteiger partial charge is 0.481 e. The fourth-order valence-electron chi connectivity index (χ4n) is 4.45. The van der Waals surface area contributed by atoms with Crippen molar-refractivity contribution in [1.82, 2.24) is 15.1 Å². The molecule has 3 rings (SSSR count). The minimum Gasteiger partial charge on any atom is -0.481 e. The van der Waals surface area contributed by atoms with E-state index in [2.05, 4.69) is 15.2 Å². The normalized spacial score (nSPS) is 12.9. The topological polar surface area (TPSA) is 128 Å². The second kappa shape index (κ2) is 13.2. The van der Waals surface area contributed by atoms with Crippen LogP contribution in [0.1, 0.15) is 62.5 Å². The number of aryl methyl sites for hydroxylation is 1. The van der Waals surface area contributed by atoms with Crippen LogP contribution in [-0.4, -0.2) is 45.2 Å². The van der Waals surface area contributed by atoms with Crippen LogP contribution in [-0.2, 0) is 26.2 Å². The van der Waals surface area contributed by atoms with Gasteiger partial charge in [-0.1, -0.05) is 45.0 Å². The molecule has 2 atom stereocenters. The van der Waals surface area contributed by atoms with Gasteiger partial charge in [0, 0.05) is 18.1 Å². The molecule has 0 aliphatic carbocycles. The van der Waals surface area contributed by atoms with E-state index < -0.39 is 77.3 Å². The molecule has 9 nitrogen and oxygen atoms in total. The number of aromatic nitrogens is 2. The van der Waals surface area contributed by atoms with Crippen molar-refractivity contribution in [1.29, 1.82) is 0 Å². The minimum atomic E-state index is -1.90. The fourth-order valence-corrected chi connectivity index (χ4v) is 4.45. The Kier molecular flexibility index (Phi) is 10.1. The molecular weight excluding hydrogens is 574 g/mol. The number of benzene rings is 2. The number of nitrogens with zero attached hydrogens (tertiary/aromatic N) is 2. The van der Waals surface area contributed by atoms with Gasteiger partial charge in [-0.3, -0.25) is 19.2 Å². The second-order valence-electron chi connectivity index (χ2n) is 11.0. The predicted octanol–water partition coefficient (Wildman–Crippen LogP) is 4.17. The van der Waals surface area contributed by atoms with E-state index in [1.165, 1.54) is 6.92 Å². The van der Waals surface area contributed by atoms with Crippen LogP contribution < -0.4 is 15.6 Å². The van der Waals surface area contributed by atoms with Gasteiger partial charge in [0.2, 0.25) is 17.5 Å². The Morgan fingerprint density at radius 1 is 1.02 bits per heavy atom. The molecule has 0 saturated heterocycles. The molecule has 1 amide bonds. The summed E-state index contributed by atoms with van der Waals surface area (Å²) in [4.78, 5) is 50.6. The number of amides is 1. The zero-order valence-electron chi connectivity index (χ0n) is 24.1. The van der Waals surface area contributed by atoms with Gasteiger partial charge in [0.1, 0.15) is 18.7 Å². The Balaban J connectivity index is 1.84. The summed E-state index contributed by atoms with van der Waals surface area (Å²) in [6.45, 7) is 7.83. The number of ether oxygens (including phenoxy) is 1. The van der Waals surface area contributed by atoms with Gasteiger partial charge in [0.25, 0.3) is 5.56 Å². The van der Waals surface area contributed by atoms with Crippen molar-refractivity contribution in [3.05, 3.63) is 92.4 Å². The number of ketones is 1. The van der Waals surface area contributed by atoms with Crippen LogP contribution in [0.5, 0.6) is 5.75 Å². The van der Waals surface area contributed by atoms with E-state index in [1.54, 1.807) is 13.0 Å². The molecule has 0 saturated carbocycles. The molecule has 13 heteroatoms. The van der Waals surface area contributed by atoms with Crippen LogP contribution in [0.2, 0.25) is 0 Å². The van der Waals surface area contributed by atoms with Crippen molar-refractivity contribution in [2.75, 3.05) is 6.61 Å². The van der Waals surface area contributed by atoms with Gasteiger partial charge >= 0.3 is 5.97 Å². The van der Waals surface area contributed by atoms with E-state index >= 15 is 0 Å². The molecule has 0 aliphatic heterocycles. The average molecular weight is 606 g/mol. The number of carboxylic acids is 1. The van der Waals surface area contributed by atoms with Crippen molar-refractivity contribution < 1.29 is 41.8 Å². The van der Waals surface area contributed by atoms with Crippen molar-refractivity contribution >= 4 is 17.7 Å². The van der Waals surface area contributed by atoms with Crippen molar-refractivity contribution in [2.45, 2.75) is 65.0 Å². The number of hydrogen-bond acceptors (Lipinski definition) is 6. The summed E-state index contributed by atoms with van der Waals surface area (Å²) in [5.74, 6) is -12.5. The first-order valence-electron chi connectivity index (χ1n) is 13.2. The fraction of sp³-hybridized carbons (Fsp3) is 0.367. The third kappa shape index (κ3) is 7.85. The zero-order chi connectivity index (χ0) is 32.2. The molecule has 0 spiro atoms. The molecule has 3 aromatic rings. The summed E-state index contributed by atoms with van der Waals surface area (Å²) in [6, 6.07) is 6.07. The van der Waals surface area contributed by atoms with Crippen LogP contribution in [0.3, 0.4) is 0 Å². The molecule has 0 radical (unpaired) electrons. The summed E-state index contributed by atoms with van der Waals surface area (Å²) >= 11 is 0. The number of carbonyl (C=O) groups excluding carboxylic acids is 2. The third-order valence-electron chi connectivity index (χ3n) is 6.60. The Labute approximate surface area is 244 Å². The third-order valence-corrected chi connectivity index (χ3v) is 6.60. The second-order valence-corrected chi connectivity index (χ2v) is 11.0. The maximum Gasteiger partial charge on any atom is 0.305 e. The molecule has 1 aromatic heterocycles. The van der Waals surface area contributed by atoms with E-state index in [1.807, 2.05) is 45.0 Å². The Morgan fingerprint density at radius 2 is 1.63 bits per heavy atom. The first-order chi connectivity index (χ1) is 20.0. The number of carbonyl (C=O) groups is 3. The van der Waals surface area contributed by atoms with E-state index in [-0.39, 0.29) is 17.9 Å². The molecule has 230 valence electrons. The van der Waals surface area contributed by atoms with E-state index in [9.17, 15) is 41.8 Å². The lowest BCUT2D eigenvalue weighted by Gasteiger charge is -2.23. The number of rotatable bonds is 11. The predicted molar refractivity (Wildman–Crippen MR) is 147 cm³/mol. The van der Waals surface area contributed by atoms with Crippen LogP contribution >= 0.6 is 0 Å². The van der Waals surface area contributed by atoms with Crippen LogP contribution in [0.25, 0.3) is 0 Å². The summed E-state index contributed by atoms with van der Waals surface area (Å²) in [7, 11) is 0. The number of Topliss-reactive ketones (excluding diaryl/α,β-unsaturated/α-hetero) is 1. The molecule has 0 aliphatic rings. The zero-order valence-corrected chi connectivity index (χ0v) is 24.1. The first-order valence-corrected chi connectivity index (χ1v) is 13.2. The van der Waals surface area contributed by atoms with Crippen molar-refractivity contribution in [3.8, 4) is 5.75 Å². The van der Waals surface area contributed by atoms with Gasteiger partial charge in [0.05, 0.1) is 12.1 Å². The molecule has 1 unspecified atom stereocenters. The Bertz CT molecular complexity index is 1590. The smallest absolute Gasteiger partial charge is 0.305 e. The summed E-state index contributed by atoms with van der Waals surface area (Å²) in [5.41, 5.74) is 1.90. The Morgan fingerprint density at radius 3 is 2.21 bits per heavy atom. The number of aliphatic carboxylic acids is 1. The number of carboxylic acid groups (broad SMARTS) is 1. The standard InChI is InChI=1S/C30H31F4N3O6/c1-15-10-18(11-17-8-6-7-9-19(17)30(3,4)5)29(42)37(36-15)16(2)28(41)35-22(13-24(39)40)23(38)14-43-27-25(33)20(31)12-21(32)26(27)34/h6-10,12,16,22H,11,13-14H2,1-5H3,(H,35,41)(H,39,40)/t16-,22?/m0/s1. The highest BCUT2D eigenvalue weighted by Gasteiger charge is 2.30. The average Bonchev–Trinajstić information content (AvgIpc) is 2.92. The van der Waals surface area contributed by atoms with Gasteiger partial charge in [-0.15, -0.1) is 0 Å². The number of nitrogens with one attached hydrogen (secondary N) is 1. The first kappa shape index (κ1) is 33.0. The van der Waals surface area contributed by atoms with Crippen LogP contribution in [0.4, 0.5) is 17.6 Å².